The highest BCUT2D eigenvalue weighted by Crippen LogP contribution is 2.32. The number of fused-ring (bicyclic) bond motifs is 1. The molecule has 0 spiro atoms. The van der Waals surface area contributed by atoms with Gasteiger partial charge in [0.2, 0.25) is 0 Å². The maximum Gasteiger partial charge on any atom is 0.323 e. The zero-order valence-electron chi connectivity index (χ0n) is 15.2. The molecule has 0 aliphatic heterocycles. The van der Waals surface area contributed by atoms with Crippen molar-refractivity contribution < 1.29 is 0 Å². The highest BCUT2D eigenvalue weighted by atomic mass is 16.1. The molecule has 3 aromatic rings. The van der Waals surface area contributed by atoms with Crippen molar-refractivity contribution in [3.63, 3.8) is 0 Å². The molecule has 2 aromatic carbocycles. The third-order valence-electron chi connectivity index (χ3n) is 5.53. The summed E-state index contributed by atoms with van der Waals surface area (Å²) in [5.41, 5.74) is 12.7. The minimum absolute atomic E-state index is 0.166. The Balaban J connectivity index is 1.70. The van der Waals surface area contributed by atoms with E-state index in [2.05, 4.69) is 21.4 Å². The number of hydrogen-bond donors (Lipinski definition) is 4. The van der Waals surface area contributed by atoms with Gasteiger partial charge in [0.05, 0.1) is 11.0 Å². The fourth-order valence-corrected chi connectivity index (χ4v) is 3.99. The van der Waals surface area contributed by atoms with Gasteiger partial charge >= 0.3 is 5.69 Å². The zero-order chi connectivity index (χ0) is 18.1. The first kappa shape index (κ1) is 16.8. The molecule has 5 N–H and O–H groups in total. The van der Waals surface area contributed by atoms with E-state index in [1.165, 1.54) is 37.7 Å². The molecule has 0 saturated heterocycles. The average Bonchev–Trinajstić information content (AvgIpc) is 2.98. The molecule has 0 bridgehead atoms. The molecule has 1 heterocycles. The number of aryl methyl sites for hydroxylation is 1. The summed E-state index contributed by atoms with van der Waals surface area (Å²) < 4.78 is 0. The molecule has 1 fully saturated rings. The van der Waals surface area contributed by atoms with E-state index < -0.39 is 0 Å². The second kappa shape index (κ2) is 6.90. The van der Waals surface area contributed by atoms with E-state index in [9.17, 15) is 4.79 Å². The summed E-state index contributed by atoms with van der Waals surface area (Å²) in [7, 11) is 0. The van der Waals surface area contributed by atoms with Crippen LogP contribution in [-0.4, -0.2) is 9.97 Å². The summed E-state index contributed by atoms with van der Waals surface area (Å²) in [6.45, 7) is 2.00. The number of nitrogen functional groups attached to an aromatic ring is 1. The first-order valence-electron chi connectivity index (χ1n) is 9.46. The Morgan fingerprint density at radius 3 is 2.54 bits per heavy atom. The van der Waals surface area contributed by atoms with Gasteiger partial charge in [-0.1, -0.05) is 38.2 Å². The predicted molar refractivity (Wildman–Crippen MR) is 108 cm³/mol. The van der Waals surface area contributed by atoms with Crippen molar-refractivity contribution in [1.82, 2.24) is 9.97 Å². The van der Waals surface area contributed by atoms with E-state index in [0.717, 1.165) is 46.0 Å². The van der Waals surface area contributed by atoms with Crippen molar-refractivity contribution in [3.8, 4) is 0 Å². The molecular weight excluding hydrogens is 324 g/mol. The Morgan fingerprint density at radius 1 is 1.08 bits per heavy atom. The number of anilines is 3. The topological polar surface area (TPSA) is 86.7 Å². The van der Waals surface area contributed by atoms with E-state index in [1.807, 2.05) is 31.2 Å². The van der Waals surface area contributed by atoms with Crippen LogP contribution in [0.3, 0.4) is 0 Å². The second-order valence-electron chi connectivity index (χ2n) is 7.54. The molecule has 0 unspecified atom stereocenters. The number of nitrogens with two attached hydrogens (primary N) is 1. The van der Waals surface area contributed by atoms with Crippen LogP contribution in [0.2, 0.25) is 0 Å². The molecule has 4 rings (SSSR count). The SMILES string of the molecule is Cc1ccc(Nc2cc3[nH]c(=O)[nH]c3cc2CC2CCCCC2)cc1N. The maximum absolute atomic E-state index is 11.7. The van der Waals surface area contributed by atoms with E-state index in [1.54, 1.807) is 0 Å². The fraction of sp³-hybridized carbons (Fsp3) is 0.381. The lowest BCUT2D eigenvalue weighted by atomic mass is 9.84. The smallest absolute Gasteiger partial charge is 0.323 e. The molecule has 1 aliphatic rings. The molecule has 5 nitrogen and oxygen atoms in total. The Morgan fingerprint density at radius 2 is 1.81 bits per heavy atom. The lowest BCUT2D eigenvalue weighted by Gasteiger charge is -2.23. The van der Waals surface area contributed by atoms with Crippen molar-refractivity contribution in [3.05, 3.63) is 51.9 Å². The normalized spacial score (nSPS) is 15.4. The number of imidazole rings is 1. The first-order valence-corrected chi connectivity index (χ1v) is 9.46. The Kier molecular flexibility index (Phi) is 4.45. The number of H-pyrrole nitrogens is 2. The summed E-state index contributed by atoms with van der Waals surface area (Å²) in [6, 6.07) is 10.2. The van der Waals surface area contributed by atoms with E-state index in [4.69, 9.17) is 5.73 Å². The van der Waals surface area contributed by atoms with Gasteiger partial charge in [-0.25, -0.2) is 4.79 Å². The first-order chi connectivity index (χ1) is 12.6. The van der Waals surface area contributed by atoms with Crippen LogP contribution in [-0.2, 0) is 6.42 Å². The van der Waals surface area contributed by atoms with Crippen LogP contribution in [0.15, 0.2) is 35.1 Å². The van der Waals surface area contributed by atoms with Crippen LogP contribution < -0.4 is 16.7 Å². The maximum atomic E-state index is 11.7. The molecule has 0 atom stereocenters. The Labute approximate surface area is 153 Å². The standard InChI is InChI=1S/C21H26N4O/c1-13-7-8-16(11-17(13)22)23-18-12-20-19(24-21(26)25-20)10-15(18)9-14-5-3-2-4-6-14/h7-8,10-12,14,23H,2-6,9,22H2,1H3,(H2,24,25,26). The van der Waals surface area contributed by atoms with Gasteiger partial charge in [0.15, 0.2) is 0 Å². The number of benzene rings is 2. The van der Waals surface area contributed by atoms with Gasteiger partial charge < -0.3 is 21.0 Å². The minimum atomic E-state index is -0.166. The molecule has 0 radical (unpaired) electrons. The van der Waals surface area contributed by atoms with Gasteiger partial charge in [-0.15, -0.1) is 0 Å². The quantitative estimate of drug-likeness (QED) is 0.518. The molecule has 1 aromatic heterocycles. The van der Waals surface area contributed by atoms with E-state index in [0.29, 0.717) is 0 Å². The van der Waals surface area contributed by atoms with Crippen molar-refractivity contribution >= 4 is 28.1 Å². The van der Waals surface area contributed by atoms with Gasteiger partial charge in [-0.3, -0.25) is 0 Å². The van der Waals surface area contributed by atoms with Crippen LogP contribution in [0.25, 0.3) is 11.0 Å². The third kappa shape index (κ3) is 3.47. The molecule has 1 aliphatic carbocycles. The summed E-state index contributed by atoms with van der Waals surface area (Å²) in [5, 5.41) is 3.52. The Hall–Kier alpha value is -2.69. The number of aromatic amines is 2. The molecule has 0 amide bonds. The van der Waals surface area contributed by atoms with Crippen LogP contribution >= 0.6 is 0 Å². The van der Waals surface area contributed by atoms with Crippen molar-refractivity contribution in [2.24, 2.45) is 5.92 Å². The predicted octanol–water partition coefficient (Wildman–Crippen LogP) is 4.61. The largest absolute Gasteiger partial charge is 0.398 e. The minimum Gasteiger partial charge on any atom is -0.398 e. The lowest BCUT2D eigenvalue weighted by Crippen LogP contribution is -2.10. The van der Waals surface area contributed by atoms with Crippen molar-refractivity contribution in [2.75, 3.05) is 11.1 Å². The van der Waals surface area contributed by atoms with Crippen LogP contribution in [0.4, 0.5) is 17.1 Å². The van der Waals surface area contributed by atoms with Gasteiger partial charge in [0.25, 0.3) is 0 Å². The van der Waals surface area contributed by atoms with Crippen molar-refractivity contribution in [1.29, 1.82) is 0 Å². The van der Waals surface area contributed by atoms with Crippen LogP contribution in [0.1, 0.15) is 43.2 Å². The highest BCUT2D eigenvalue weighted by Gasteiger charge is 2.17. The van der Waals surface area contributed by atoms with Crippen molar-refractivity contribution in [2.45, 2.75) is 45.4 Å². The number of rotatable bonds is 4. The fourth-order valence-electron chi connectivity index (χ4n) is 3.99. The monoisotopic (exact) mass is 350 g/mol. The number of hydrogen-bond acceptors (Lipinski definition) is 3. The van der Waals surface area contributed by atoms with Gasteiger partial charge in [0.1, 0.15) is 0 Å². The van der Waals surface area contributed by atoms with Crippen LogP contribution in [0, 0.1) is 12.8 Å². The molecule has 1 saturated carbocycles. The molecule has 26 heavy (non-hydrogen) atoms. The highest BCUT2D eigenvalue weighted by molar-refractivity contribution is 5.83. The Bertz CT molecular complexity index is 979. The summed E-state index contributed by atoms with van der Waals surface area (Å²) in [6.07, 6.45) is 7.62. The third-order valence-corrected chi connectivity index (χ3v) is 5.53. The molecule has 136 valence electrons. The number of nitrogens with one attached hydrogen (secondary N) is 3. The molecular formula is C21H26N4O. The van der Waals surface area contributed by atoms with E-state index >= 15 is 0 Å². The average molecular weight is 350 g/mol. The lowest BCUT2D eigenvalue weighted by molar-refractivity contribution is 0.357. The molecule has 5 heteroatoms. The van der Waals surface area contributed by atoms with Crippen LogP contribution in [0.5, 0.6) is 0 Å². The van der Waals surface area contributed by atoms with Gasteiger partial charge in [-0.2, -0.15) is 0 Å². The summed E-state index contributed by atoms with van der Waals surface area (Å²) in [4.78, 5) is 17.4. The van der Waals surface area contributed by atoms with E-state index in [-0.39, 0.29) is 5.69 Å². The zero-order valence-corrected chi connectivity index (χ0v) is 15.2. The second-order valence-corrected chi connectivity index (χ2v) is 7.54. The van der Waals surface area contributed by atoms with Gasteiger partial charge in [-0.05, 0) is 54.7 Å². The van der Waals surface area contributed by atoms with Gasteiger partial charge in [0, 0.05) is 17.1 Å². The summed E-state index contributed by atoms with van der Waals surface area (Å²) >= 11 is 0. The summed E-state index contributed by atoms with van der Waals surface area (Å²) in [5.74, 6) is 0.718. The number of aromatic nitrogens is 2.